The molecule has 0 heterocycles. The number of carboxylic acid groups (broad SMARTS) is 1. The maximum absolute atomic E-state index is 13.6. The molecule has 0 spiro atoms. The average Bonchev–Trinajstić information content (AvgIpc) is 3.08. The lowest BCUT2D eigenvalue weighted by Gasteiger charge is -2.26. The van der Waals surface area contributed by atoms with Gasteiger partial charge in [-0.2, -0.15) is 0 Å². The maximum Gasteiger partial charge on any atom is 0.328 e. The van der Waals surface area contributed by atoms with E-state index in [9.17, 15) is 49.2 Å². The number of nitrogens with two attached hydrogens (primary N) is 1. The first kappa shape index (κ1) is 42.1. The first-order valence-corrected chi connectivity index (χ1v) is 16.7. The van der Waals surface area contributed by atoms with Crippen molar-refractivity contribution in [2.75, 3.05) is 6.54 Å². The Morgan fingerprint density at radius 3 is 1.82 bits per heavy atom. The van der Waals surface area contributed by atoms with Crippen molar-refractivity contribution >= 4 is 35.5 Å². The van der Waals surface area contributed by atoms with Gasteiger partial charge < -0.3 is 52.7 Å². The molecule has 280 valence electrons. The number of phenolic OH excluding ortho intramolecular Hbond substituents is 1. The molecule has 7 atom stereocenters. The van der Waals surface area contributed by atoms with Crippen LogP contribution in [0.1, 0.15) is 51.7 Å². The van der Waals surface area contributed by atoms with Gasteiger partial charge in [0.05, 0.1) is 24.8 Å². The molecule has 0 saturated heterocycles. The SMILES string of the molecule is CC[C@H](O)[C@H](NC(=O)[C@@H](N)Cc1ccc(O)cc1)C(=O)NCC(=O)N[C@@H](Cc1ccccc1)C(=O)N[C@@H](CC(C)C)C(=O)N[C@H](C(=O)O)[C@@H](C)O. The number of aliphatic hydroxyl groups excluding tert-OH is 2. The Morgan fingerprint density at radius 2 is 1.27 bits per heavy atom. The summed E-state index contributed by atoms with van der Waals surface area (Å²) in [6.07, 6.45) is -2.50. The predicted octanol–water partition coefficient (Wildman–Crippen LogP) is -1.16. The minimum atomic E-state index is -1.62. The summed E-state index contributed by atoms with van der Waals surface area (Å²) < 4.78 is 0. The first-order valence-electron chi connectivity index (χ1n) is 16.7. The molecule has 11 N–H and O–H groups in total. The lowest BCUT2D eigenvalue weighted by molar-refractivity contribution is -0.145. The third kappa shape index (κ3) is 14.4. The Morgan fingerprint density at radius 1 is 0.706 bits per heavy atom. The van der Waals surface area contributed by atoms with Crippen LogP contribution in [0.3, 0.4) is 0 Å². The third-order valence-electron chi connectivity index (χ3n) is 7.86. The Bertz CT molecular complexity index is 1470. The van der Waals surface area contributed by atoms with Crippen LogP contribution >= 0.6 is 0 Å². The van der Waals surface area contributed by atoms with E-state index in [4.69, 9.17) is 5.73 Å². The van der Waals surface area contributed by atoms with Gasteiger partial charge in [-0.25, -0.2) is 4.79 Å². The van der Waals surface area contributed by atoms with E-state index in [1.807, 2.05) is 0 Å². The summed E-state index contributed by atoms with van der Waals surface area (Å²) in [5.41, 5.74) is 7.33. The smallest absolute Gasteiger partial charge is 0.328 e. The van der Waals surface area contributed by atoms with Gasteiger partial charge in [-0.15, -0.1) is 0 Å². The molecule has 0 aliphatic carbocycles. The van der Waals surface area contributed by atoms with Crippen molar-refractivity contribution in [3.8, 4) is 5.75 Å². The molecule has 2 aromatic carbocycles. The molecule has 2 aromatic rings. The van der Waals surface area contributed by atoms with E-state index in [1.165, 1.54) is 19.1 Å². The van der Waals surface area contributed by atoms with Crippen LogP contribution < -0.4 is 32.3 Å². The molecule has 2 rings (SSSR count). The fraction of sp³-hybridized carbons (Fsp3) is 0.486. The molecule has 0 fully saturated rings. The summed E-state index contributed by atoms with van der Waals surface area (Å²) in [7, 11) is 0. The molecule has 0 unspecified atom stereocenters. The zero-order valence-electron chi connectivity index (χ0n) is 29.2. The van der Waals surface area contributed by atoms with Crippen molar-refractivity contribution in [2.24, 2.45) is 11.7 Å². The number of hydrogen-bond acceptors (Lipinski definition) is 10. The van der Waals surface area contributed by atoms with Crippen LogP contribution in [0.2, 0.25) is 0 Å². The second-order valence-corrected chi connectivity index (χ2v) is 12.7. The molecule has 0 saturated carbocycles. The molecule has 0 radical (unpaired) electrons. The highest BCUT2D eigenvalue weighted by Crippen LogP contribution is 2.12. The van der Waals surface area contributed by atoms with Gasteiger partial charge in [0.2, 0.25) is 29.5 Å². The molecule has 0 aliphatic rings. The van der Waals surface area contributed by atoms with Crippen molar-refractivity contribution in [1.82, 2.24) is 26.6 Å². The van der Waals surface area contributed by atoms with E-state index in [2.05, 4.69) is 26.6 Å². The number of benzene rings is 2. The van der Waals surface area contributed by atoms with Crippen LogP contribution in [-0.2, 0) is 41.6 Å². The number of hydrogen-bond donors (Lipinski definition) is 10. The number of aliphatic hydroxyl groups is 2. The van der Waals surface area contributed by atoms with E-state index < -0.39 is 84.5 Å². The molecular weight excluding hydrogens is 664 g/mol. The minimum Gasteiger partial charge on any atom is -0.508 e. The second-order valence-electron chi connectivity index (χ2n) is 12.7. The Balaban J connectivity index is 2.15. The van der Waals surface area contributed by atoms with Gasteiger partial charge >= 0.3 is 5.97 Å². The highest BCUT2D eigenvalue weighted by atomic mass is 16.4. The van der Waals surface area contributed by atoms with Gasteiger partial charge in [-0.05, 0) is 55.4 Å². The quantitative estimate of drug-likeness (QED) is 0.0782. The molecule has 0 bridgehead atoms. The summed E-state index contributed by atoms with van der Waals surface area (Å²) in [4.78, 5) is 77.2. The monoisotopic (exact) mass is 714 g/mol. The summed E-state index contributed by atoms with van der Waals surface area (Å²) >= 11 is 0. The summed E-state index contributed by atoms with van der Waals surface area (Å²) in [6.45, 7) is 5.72. The van der Waals surface area contributed by atoms with E-state index in [1.54, 1.807) is 63.2 Å². The Kier molecular flexibility index (Phi) is 17.0. The second kappa shape index (κ2) is 20.6. The van der Waals surface area contributed by atoms with Gasteiger partial charge in [0.25, 0.3) is 0 Å². The van der Waals surface area contributed by atoms with Crippen molar-refractivity contribution in [1.29, 1.82) is 0 Å². The van der Waals surface area contributed by atoms with Crippen LogP contribution in [0.5, 0.6) is 5.75 Å². The molecule has 16 nitrogen and oxygen atoms in total. The number of aromatic hydroxyl groups is 1. The van der Waals surface area contributed by atoms with Gasteiger partial charge in [0.15, 0.2) is 6.04 Å². The number of nitrogens with one attached hydrogen (secondary N) is 5. The zero-order chi connectivity index (χ0) is 38.2. The number of amides is 5. The largest absolute Gasteiger partial charge is 0.508 e. The topological polar surface area (TPSA) is 270 Å². The number of aliphatic carboxylic acids is 1. The number of rotatable bonds is 20. The van der Waals surface area contributed by atoms with Gasteiger partial charge in [-0.1, -0.05) is 63.2 Å². The van der Waals surface area contributed by atoms with Crippen LogP contribution in [-0.4, -0.2) is 105 Å². The molecule has 16 heteroatoms. The lowest BCUT2D eigenvalue weighted by atomic mass is 10.0. The van der Waals surface area contributed by atoms with Gasteiger partial charge in [0, 0.05) is 6.42 Å². The highest BCUT2D eigenvalue weighted by molar-refractivity contribution is 5.95. The van der Waals surface area contributed by atoms with E-state index >= 15 is 0 Å². The summed E-state index contributed by atoms with van der Waals surface area (Å²) in [5.74, 6) is -5.57. The van der Waals surface area contributed by atoms with Gasteiger partial charge in [-0.3, -0.25) is 24.0 Å². The predicted molar refractivity (Wildman–Crippen MR) is 186 cm³/mol. The van der Waals surface area contributed by atoms with E-state index in [-0.39, 0.29) is 37.4 Å². The number of phenols is 1. The molecular formula is C35H50N6O10. The highest BCUT2D eigenvalue weighted by Gasteiger charge is 2.33. The molecule has 51 heavy (non-hydrogen) atoms. The summed E-state index contributed by atoms with van der Waals surface area (Å²) in [5, 5.41) is 51.4. The standard InChI is InChI=1S/C35H50N6O10/c1-5-27(44)30(41-31(46)24(36)16-22-11-13-23(43)14-12-22)34(49)37-18-28(45)38-26(17-21-9-7-6-8-10-21)32(47)39-25(15-19(2)3)33(48)40-29(20(4)42)35(50)51/h6-14,19-20,24-27,29-30,42-44H,5,15-18,36H2,1-4H3,(H,37,49)(H,38,45)(H,39,47)(H,40,48)(H,41,46)(H,50,51)/t20-,24+,25+,26+,27+,29+,30+/m1/s1. The molecule has 0 aliphatic heterocycles. The molecule has 5 amide bonds. The van der Waals surface area contributed by atoms with Crippen molar-refractivity contribution in [3.05, 3.63) is 65.7 Å². The van der Waals surface area contributed by atoms with Gasteiger partial charge in [0.1, 0.15) is 23.9 Å². The number of carboxylic acids is 1. The average molecular weight is 715 g/mol. The number of carbonyl (C=O) groups is 6. The Labute approximate surface area is 296 Å². The van der Waals surface area contributed by atoms with Crippen molar-refractivity contribution in [2.45, 2.75) is 95.8 Å². The zero-order valence-corrected chi connectivity index (χ0v) is 29.2. The van der Waals surface area contributed by atoms with E-state index in [0.717, 1.165) is 0 Å². The number of carbonyl (C=O) groups excluding carboxylic acids is 5. The summed E-state index contributed by atoms with van der Waals surface area (Å²) in [6, 6.07) is 8.06. The normalized spacial score (nSPS) is 15.2. The Hall–Kier alpha value is -5.06. The third-order valence-corrected chi connectivity index (χ3v) is 7.86. The first-order chi connectivity index (χ1) is 24.0. The van der Waals surface area contributed by atoms with Crippen LogP contribution in [0.4, 0.5) is 0 Å². The van der Waals surface area contributed by atoms with Crippen LogP contribution in [0.25, 0.3) is 0 Å². The fourth-order valence-electron chi connectivity index (χ4n) is 5.01. The maximum atomic E-state index is 13.6. The van der Waals surface area contributed by atoms with Crippen LogP contribution in [0, 0.1) is 5.92 Å². The minimum absolute atomic E-state index is 0.0139. The lowest BCUT2D eigenvalue weighted by Crippen LogP contribution is -2.59. The fourth-order valence-corrected chi connectivity index (χ4v) is 5.01. The molecule has 0 aromatic heterocycles. The van der Waals surface area contributed by atoms with Crippen molar-refractivity contribution in [3.63, 3.8) is 0 Å². The van der Waals surface area contributed by atoms with Crippen molar-refractivity contribution < 1.29 is 49.2 Å². The van der Waals surface area contributed by atoms with E-state index in [0.29, 0.717) is 11.1 Å². The van der Waals surface area contributed by atoms with Crippen LogP contribution in [0.15, 0.2) is 54.6 Å².